The molecule has 2 unspecified atom stereocenters. The van der Waals surface area contributed by atoms with E-state index >= 15 is 0 Å². The second-order valence-electron chi connectivity index (χ2n) is 4.77. The number of nitrogens with zero attached hydrogens (tertiary/aromatic N) is 2. The number of rotatable bonds is 3. The number of aryl methyl sites for hydroxylation is 1. The van der Waals surface area contributed by atoms with Gasteiger partial charge in [0.05, 0.1) is 23.4 Å². The lowest BCUT2D eigenvalue weighted by molar-refractivity contribution is 0.0284. The van der Waals surface area contributed by atoms with Crippen LogP contribution >= 0.6 is 11.3 Å². The summed E-state index contributed by atoms with van der Waals surface area (Å²) >= 11 is 1.46. The van der Waals surface area contributed by atoms with Crippen molar-refractivity contribution in [3.05, 3.63) is 16.1 Å². The van der Waals surface area contributed by atoms with Gasteiger partial charge in [0.1, 0.15) is 4.88 Å². The molecule has 5 heteroatoms. The van der Waals surface area contributed by atoms with Gasteiger partial charge in [-0.1, -0.05) is 6.92 Å². The molecule has 2 rings (SSSR count). The van der Waals surface area contributed by atoms with E-state index in [4.69, 9.17) is 0 Å². The number of hydrogen-bond donors (Lipinski definition) is 1. The maximum Gasteiger partial charge on any atom is 0.265 e. The summed E-state index contributed by atoms with van der Waals surface area (Å²) in [7, 11) is 0. The molecule has 0 bridgehead atoms. The molecule has 100 valence electrons. The van der Waals surface area contributed by atoms with Crippen molar-refractivity contribution < 1.29 is 9.90 Å². The average molecular weight is 268 g/mol. The maximum absolute atomic E-state index is 12.4. The van der Waals surface area contributed by atoms with Crippen molar-refractivity contribution in [3.8, 4) is 0 Å². The molecule has 0 aliphatic carbocycles. The molecule has 1 aromatic rings. The van der Waals surface area contributed by atoms with E-state index in [0.717, 1.165) is 37.2 Å². The molecule has 18 heavy (non-hydrogen) atoms. The first-order chi connectivity index (χ1) is 8.63. The fourth-order valence-electron chi connectivity index (χ4n) is 2.43. The topological polar surface area (TPSA) is 53.4 Å². The molecule has 0 saturated carbocycles. The molecule has 1 aliphatic heterocycles. The highest BCUT2D eigenvalue weighted by Gasteiger charge is 2.31. The second-order valence-corrected chi connectivity index (χ2v) is 5.89. The van der Waals surface area contributed by atoms with Gasteiger partial charge in [0, 0.05) is 6.54 Å². The number of piperidine rings is 1. The molecule has 1 aromatic heterocycles. The zero-order chi connectivity index (χ0) is 13.1. The number of aliphatic hydroxyl groups is 1. The van der Waals surface area contributed by atoms with Crippen LogP contribution in [0.15, 0.2) is 6.20 Å². The minimum Gasteiger partial charge on any atom is -0.391 e. The van der Waals surface area contributed by atoms with E-state index in [1.165, 1.54) is 11.3 Å². The van der Waals surface area contributed by atoms with E-state index < -0.39 is 6.10 Å². The van der Waals surface area contributed by atoms with Crippen LogP contribution in [0.25, 0.3) is 0 Å². The SMILES string of the molecule is CCc1ncc(C(=O)N2CCCCC2C(C)O)s1. The van der Waals surface area contributed by atoms with Crippen molar-refractivity contribution in [3.63, 3.8) is 0 Å². The summed E-state index contributed by atoms with van der Waals surface area (Å²) < 4.78 is 0. The van der Waals surface area contributed by atoms with Crippen LogP contribution in [-0.2, 0) is 6.42 Å². The van der Waals surface area contributed by atoms with Crippen LogP contribution in [0.1, 0.15) is 47.8 Å². The molecule has 1 fully saturated rings. The molecule has 0 spiro atoms. The predicted molar refractivity (Wildman–Crippen MR) is 71.8 cm³/mol. The normalized spacial score (nSPS) is 21.9. The summed E-state index contributed by atoms with van der Waals surface area (Å²) in [5.41, 5.74) is 0. The van der Waals surface area contributed by atoms with Crippen molar-refractivity contribution >= 4 is 17.2 Å². The number of aromatic nitrogens is 1. The van der Waals surface area contributed by atoms with Gasteiger partial charge >= 0.3 is 0 Å². The van der Waals surface area contributed by atoms with Crippen LogP contribution in [-0.4, -0.2) is 39.6 Å². The van der Waals surface area contributed by atoms with Crippen LogP contribution in [0.5, 0.6) is 0 Å². The first kappa shape index (κ1) is 13.5. The van der Waals surface area contributed by atoms with Crippen LogP contribution in [0.4, 0.5) is 0 Å². The van der Waals surface area contributed by atoms with Gasteiger partial charge in [0.15, 0.2) is 0 Å². The Bertz CT molecular complexity index is 417. The number of amides is 1. The highest BCUT2D eigenvalue weighted by molar-refractivity contribution is 7.13. The zero-order valence-electron chi connectivity index (χ0n) is 10.9. The molecule has 0 aromatic carbocycles. The maximum atomic E-state index is 12.4. The Labute approximate surface area is 112 Å². The summed E-state index contributed by atoms with van der Waals surface area (Å²) in [4.78, 5) is 19.2. The molecule has 2 atom stereocenters. The Balaban J connectivity index is 2.15. The Kier molecular flexibility index (Phi) is 4.35. The second kappa shape index (κ2) is 5.80. The third-order valence-corrected chi connectivity index (χ3v) is 4.56. The third-order valence-electron chi connectivity index (χ3n) is 3.43. The van der Waals surface area contributed by atoms with Crippen molar-refractivity contribution in [2.24, 2.45) is 0 Å². The molecule has 0 radical (unpaired) electrons. The van der Waals surface area contributed by atoms with Gasteiger partial charge in [0.25, 0.3) is 5.91 Å². The quantitative estimate of drug-likeness (QED) is 0.913. The van der Waals surface area contributed by atoms with Crippen LogP contribution in [0.3, 0.4) is 0 Å². The highest BCUT2D eigenvalue weighted by Crippen LogP contribution is 2.24. The van der Waals surface area contributed by atoms with E-state index in [9.17, 15) is 9.90 Å². The average Bonchev–Trinajstić information content (AvgIpc) is 2.86. The lowest BCUT2D eigenvalue weighted by Crippen LogP contribution is -2.48. The van der Waals surface area contributed by atoms with Crippen molar-refractivity contribution in [1.82, 2.24) is 9.88 Å². The molecule has 1 N–H and O–H groups in total. The number of aliphatic hydroxyl groups excluding tert-OH is 1. The van der Waals surface area contributed by atoms with E-state index in [1.807, 2.05) is 11.8 Å². The van der Waals surface area contributed by atoms with Crippen molar-refractivity contribution in [1.29, 1.82) is 0 Å². The van der Waals surface area contributed by atoms with Gasteiger partial charge in [-0.05, 0) is 32.6 Å². The van der Waals surface area contributed by atoms with Crippen LogP contribution < -0.4 is 0 Å². The Morgan fingerprint density at radius 1 is 1.67 bits per heavy atom. The third kappa shape index (κ3) is 2.72. The minimum absolute atomic E-state index is 0.0257. The van der Waals surface area contributed by atoms with Gasteiger partial charge in [-0.15, -0.1) is 11.3 Å². The van der Waals surface area contributed by atoms with Gasteiger partial charge < -0.3 is 10.0 Å². The molecular formula is C13H20N2O2S. The summed E-state index contributed by atoms with van der Waals surface area (Å²) in [5.74, 6) is 0.0257. The zero-order valence-corrected chi connectivity index (χ0v) is 11.7. The number of carbonyl (C=O) groups excluding carboxylic acids is 1. The lowest BCUT2D eigenvalue weighted by atomic mass is 9.98. The highest BCUT2D eigenvalue weighted by atomic mass is 32.1. The largest absolute Gasteiger partial charge is 0.391 e. The summed E-state index contributed by atoms with van der Waals surface area (Å²) in [6.07, 6.45) is 5.06. The summed E-state index contributed by atoms with van der Waals surface area (Å²) in [6, 6.07) is -0.0431. The first-order valence-electron chi connectivity index (χ1n) is 6.57. The number of carbonyl (C=O) groups is 1. The van der Waals surface area contributed by atoms with Gasteiger partial charge in [-0.3, -0.25) is 4.79 Å². The number of likely N-dealkylation sites (tertiary alicyclic amines) is 1. The molecule has 4 nitrogen and oxygen atoms in total. The smallest absolute Gasteiger partial charge is 0.265 e. The van der Waals surface area contributed by atoms with Crippen molar-refractivity contribution in [2.75, 3.05) is 6.54 Å². The van der Waals surface area contributed by atoms with Gasteiger partial charge in [-0.25, -0.2) is 4.98 Å². The lowest BCUT2D eigenvalue weighted by Gasteiger charge is -2.37. The van der Waals surface area contributed by atoms with E-state index in [-0.39, 0.29) is 11.9 Å². The fourth-order valence-corrected chi connectivity index (χ4v) is 3.24. The van der Waals surface area contributed by atoms with Gasteiger partial charge in [0.2, 0.25) is 0 Å². The van der Waals surface area contributed by atoms with Crippen LogP contribution in [0.2, 0.25) is 0 Å². The molecular weight excluding hydrogens is 248 g/mol. The Morgan fingerprint density at radius 2 is 2.44 bits per heavy atom. The molecule has 1 aliphatic rings. The predicted octanol–water partition coefficient (Wildman–Crippen LogP) is 2.08. The molecule has 1 amide bonds. The van der Waals surface area contributed by atoms with Gasteiger partial charge in [-0.2, -0.15) is 0 Å². The Hall–Kier alpha value is -0.940. The van der Waals surface area contributed by atoms with E-state index in [1.54, 1.807) is 13.1 Å². The van der Waals surface area contributed by atoms with Crippen LogP contribution in [0, 0.1) is 0 Å². The molecule has 1 saturated heterocycles. The summed E-state index contributed by atoms with van der Waals surface area (Å²) in [6.45, 7) is 4.54. The minimum atomic E-state index is -0.465. The fraction of sp³-hybridized carbons (Fsp3) is 0.692. The number of thiazole rings is 1. The van der Waals surface area contributed by atoms with E-state index in [0.29, 0.717) is 4.88 Å². The first-order valence-corrected chi connectivity index (χ1v) is 7.39. The summed E-state index contributed by atoms with van der Waals surface area (Å²) in [5, 5.41) is 10.8. The monoisotopic (exact) mass is 268 g/mol. The number of hydrogen-bond acceptors (Lipinski definition) is 4. The molecule has 2 heterocycles. The Morgan fingerprint density at radius 3 is 3.06 bits per heavy atom. The van der Waals surface area contributed by atoms with Crippen molar-refractivity contribution in [2.45, 2.75) is 51.7 Å². The van der Waals surface area contributed by atoms with E-state index in [2.05, 4.69) is 4.98 Å². The standard InChI is InChI=1S/C13H20N2O2S/c1-3-12-14-8-11(18-12)13(17)15-7-5-4-6-10(15)9(2)16/h8-10,16H,3-7H2,1-2H3.